The molecule has 1 unspecified atom stereocenters. The van der Waals surface area contributed by atoms with Gasteiger partial charge in [0.2, 0.25) is 0 Å². The summed E-state index contributed by atoms with van der Waals surface area (Å²) in [6.45, 7) is 8.56. The van der Waals surface area contributed by atoms with Gasteiger partial charge in [-0.15, -0.1) is 0 Å². The van der Waals surface area contributed by atoms with Crippen LogP contribution in [-0.4, -0.2) is 31.0 Å². The van der Waals surface area contributed by atoms with E-state index in [9.17, 15) is 9.59 Å². The third-order valence-electron chi connectivity index (χ3n) is 4.32. The van der Waals surface area contributed by atoms with Crippen LogP contribution < -0.4 is 21.1 Å². The van der Waals surface area contributed by atoms with Gasteiger partial charge in [-0.05, 0) is 49.1 Å². The molecule has 0 fully saturated rings. The van der Waals surface area contributed by atoms with Crippen LogP contribution in [0.5, 0.6) is 5.75 Å². The molecule has 0 aromatic heterocycles. The van der Waals surface area contributed by atoms with Gasteiger partial charge in [0.25, 0.3) is 11.8 Å². The van der Waals surface area contributed by atoms with Crippen molar-refractivity contribution in [2.75, 3.05) is 18.4 Å². The highest BCUT2D eigenvalue weighted by Crippen LogP contribution is 2.28. The molecule has 2 aromatic rings. The molecule has 0 aliphatic rings. The normalized spacial score (nSPS) is 11.8. The molecule has 0 aliphatic carbocycles. The van der Waals surface area contributed by atoms with Crippen LogP contribution in [0.1, 0.15) is 48.2 Å². The predicted molar refractivity (Wildman–Crippen MR) is 112 cm³/mol. The van der Waals surface area contributed by atoms with Crippen molar-refractivity contribution >= 4 is 17.5 Å². The molecule has 150 valence electrons. The van der Waals surface area contributed by atoms with Gasteiger partial charge in [-0.1, -0.05) is 38.1 Å². The Bertz CT molecular complexity index is 834. The molecule has 0 heterocycles. The zero-order chi connectivity index (χ0) is 20.7. The minimum Gasteiger partial charge on any atom is -0.481 e. The Morgan fingerprint density at radius 2 is 1.82 bits per heavy atom. The fraction of sp³-hybridized carbons (Fsp3) is 0.364. The zero-order valence-corrected chi connectivity index (χ0v) is 16.9. The number of hydrogen-bond donors (Lipinski definition) is 3. The Balaban J connectivity index is 2.14. The average Bonchev–Trinajstić information content (AvgIpc) is 2.66. The number of rotatable bonds is 8. The standard InChI is InChI=1S/C22H29N3O3/c1-14(2)17-10-9-15(3)13-20(17)28-16(4)21(26)25-19-8-6-5-7-18(19)22(27)24-12-11-23/h5-10,13-14,16H,11-12,23H2,1-4H3,(H,24,27)(H,25,26). The molecule has 1 atom stereocenters. The molecule has 0 saturated carbocycles. The number of anilines is 1. The number of aryl methyl sites for hydroxylation is 1. The van der Waals surface area contributed by atoms with E-state index < -0.39 is 6.10 Å². The molecular formula is C22H29N3O3. The molecular weight excluding hydrogens is 354 g/mol. The van der Waals surface area contributed by atoms with Crippen LogP contribution in [0.15, 0.2) is 42.5 Å². The zero-order valence-electron chi connectivity index (χ0n) is 16.9. The van der Waals surface area contributed by atoms with Crippen molar-refractivity contribution in [3.05, 3.63) is 59.2 Å². The highest BCUT2D eigenvalue weighted by molar-refractivity contribution is 6.04. The quantitative estimate of drug-likeness (QED) is 0.652. The maximum Gasteiger partial charge on any atom is 0.265 e. The second-order valence-electron chi connectivity index (χ2n) is 7.04. The molecule has 2 rings (SSSR count). The van der Waals surface area contributed by atoms with E-state index in [0.717, 1.165) is 11.1 Å². The smallest absolute Gasteiger partial charge is 0.265 e. The summed E-state index contributed by atoms with van der Waals surface area (Å²) >= 11 is 0. The van der Waals surface area contributed by atoms with Crippen molar-refractivity contribution in [2.45, 2.75) is 39.7 Å². The van der Waals surface area contributed by atoms with E-state index in [-0.39, 0.29) is 17.7 Å². The Hall–Kier alpha value is -2.86. The summed E-state index contributed by atoms with van der Waals surface area (Å²) in [5.41, 5.74) is 8.36. The maximum absolute atomic E-state index is 12.7. The van der Waals surface area contributed by atoms with Crippen LogP contribution in [0.3, 0.4) is 0 Å². The minimum absolute atomic E-state index is 0.276. The second-order valence-corrected chi connectivity index (χ2v) is 7.04. The average molecular weight is 383 g/mol. The van der Waals surface area contributed by atoms with Crippen LogP contribution >= 0.6 is 0 Å². The highest BCUT2D eigenvalue weighted by atomic mass is 16.5. The lowest BCUT2D eigenvalue weighted by Crippen LogP contribution is -2.33. The molecule has 0 radical (unpaired) electrons. The molecule has 28 heavy (non-hydrogen) atoms. The third-order valence-corrected chi connectivity index (χ3v) is 4.32. The van der Waals surface area contributed by atoms with Crippen molar-refractivity contribution < 1.29 is 14.3 Å². The summed E-state index contributed by atoms with van der Waals surface area (Å²) in [5.74, 6) is 0.371. The monoisotopic (exact) mass is 383 g/mol. The molecule has 0 saturated heterocycles. The number of carbonyl (C=O) groups excluding carboxylic acids is 2. The molecule has 2 aromatic carbocycles. The first-order valence-corrected chi connectivity index (χ1v) is 9.48. The number of nitrogens with one attached hydrogen (secondary N) is 2. The summed E-state index contributed by atoms with van der Waals surface area (Å²) in [5, 5.41) is 5.51. The lowest BCUT2D eigenvalue weighted by Gasteiger charge is -2.20. The second kappa shape index (κ2) is 9.90. The maximum atomic E-state index is 12.7. The fourth-order valence-electron chi connectivity index (χ4n) is 2.77. The van der Waals surface area contributed by atoms with E-state index in [1.54, 1.807) is 31.2 Å². The van der Waals surface area contributed by atoms with Crippen molar-refractivity contribution in [1.82, 2.24) is 5.32 Å². The number of carbonyl (C=O) groups is 2. The lowest BCUT2D eigenvalue weighted by atomic mass is 10.0. The SMILES string of the molecule is Cc1ccc(C(C)C)c(OC(C)C(=O)Nc2ccccc2C(=O)NCCN)c1. The van der Waals surface area contributed by atoms with E-state index in [1.807, 2.05) is 25.1 Å². The predicted octanol–water partition coefficient (Wildman–Crippen LogP) is 3.21. The van der Waals surface area contributed by atoms with Gasteiger partial charge in [-0.3, -0.25) is 9.59 Å². The van der Waals surface area contributed by atoms with Gasteiger partial charge in [0.05, 0.1) is 11.3 Å². The van der Waals surface area contributed by atoms with Gasteiger partial charge in [0, 0.05) is 13.1 Å². The van der Waals surface area contributed by atoms with E-state index in [1.165, 1.54) is 0 Å². The number of hydrogen-bond acceptors (Lipinski definition) is 4. The summed E-state index contributed by atoms with van der Waals surface area (Å²) in [7, 11) is 0. The molecule has 6 nitrogen and oxygen atoms in total. The summed E-state index contributed by atoms with van der Waals surface area (Å²) in [6, 6.07) is 12.8. The molecule has 4 N–H and O–H groups in total. The van der Waals surface area contributed by atoms with E-state index in [2.05, 4.69) is 24.5 Å². The van der Waals surface area contributed by atoms with E-state index in [0.29, 0.717) is 30.1 Å². The van der Waals surface area contributed by atoms with Gasteiger partial charge in [0.1, 0.15) is 5.75 Å². The van der Waals surface area contributed by atoms with Crippen LogP contribution in [0.25, 0.3) is 0 Å². The summed E-state index contributed by atoms with van der Waals surface area (Å²) in [4.78, 5) is 25.0. The topological polar surface area (TPSA) is 93.4 Å². The van der Waals surface area contributed by atoms with Gasteiger partial charge in [0.15, 0.2) is 6.10 Å². The highest BCUT2D eigenvalue weighted by Gasteiger charge is 2.20. The Morgan fingerprint density at radius 1 is 1.11 bits per heavy atom. The first kappa shape index (κ1) is 21.4. The molecule has 0 spiro atoms. The van der Waals surface area contributed by atoms with Crippen LogP contribution in [-0.2, 0) is 4.79 Å². The molecule has 6 heteroatoms. The number of nitrogens with two attached hydrogens (primary N) is 1. The number of para-hydroxylation sites is 1. The molecule has 0 aliphatic heterocycles. The van der Waals surface area contributed by atoms with E-state index >= 15 is 0 Å². The van der Waals surface area contributed by atoms with Crippen LogP contribution in [0.4, 0.5) is 5.69 Å². The first-order valence-electron chi connectivity index (χ1n) is 9.48. The van der Waals surface area contributed by atoms with Crippen molar-refractivity contribution in [2.24, 2.45) is 5.73 Å². The summed E-state index contributed by atoms with van der Waals surface area (Å²) < 4.78 is 5.96. The van der Waals surface area contributed by atoms with Crippen LogP contribution in [0, 0.1) is 6.92 Å². The van der Waals surface area contributed by atoms with Crippen molar-refractivity contribution in [3.8, 4) is 5.75 Å². The van der Waals surface area contributed by atoms with Crippen molar-refractivity contribution in [1.29, 1.82) is 0 Å². The summed E-state index contributed by atoms with van der Waals surface area (Å²) in [6.07, 6.45) is -0.723. The number of ether oxygens (including phenoxy) is 1. The Kier molecular flexibility index (Phi) is 7.58. The molecule has 0 bridgehead atoms. The minimum atomic E-state index is -0.723. The van der Waals surface area contributed by atoms with Gasteiger partial charge in [-0.2, -0.15) is 0 Å². The fourth-order valence-corrected chi connectivity index (χ4v) is 2.77. The van der Waals surface area contributed by atoms with Gasteiger partial charge >= 0.3 is 0 Å². The lowest BCUT2D eigenvalue weighted by molar-refractivity contribution is -0.122. The Labute approximate surface area is 166 Å². The Morgan fingerprint density at radius 3 is 2.50 bits per heavy atom. The largest absolute Gasteiger partial charge is 0.481 e. The number of amides is 2. The van der Waals surface area contributed by atoms with Crippen molar-refractivity contribution in [3.63, 3.8) is 0 Å². The van der Waals surface area contributed by atoms with E-state index in [4.69, 9.17) is 10.5 Å². The number of benzene rings is 2. The first-order chi connectivity index (χ1) is 13.3. The molecule has 2 amide bonds. The van der Waals surface area contributed by atoms with Gasteiger partial charge < -0.3 is 21.1 Å². The van der Waals surface area contributed by atoms with Gasteiger partial charge in [-0.25, -0.2) is 0 Å². The van der Waals surface area contributed by atoms with Crippen LogP contribution in [0.2, 0.25) is 0 Å². The third kappa shape index (κ3) is 5.57.